The zero-order valence-electron chi connectivity index (χ0n) is 11.8. The number of Topliss-reactive ketones (excluding diaryl/α,β-unsaturated/α-hetero) is 1. The Morgan fingerprint density at radius 2 is 1.85 bits per heavy atom. The van der Waals surface area contributed by atoms with E-state index in [0.717, 1.165) is 6.42 Å². The van der Waals surface area contributed by atoms with Crippen LogP contribution in [-0.4, -0.2) is 26.0 Å². The van der Waals surface area contributed by atoms with Gasteiger partial charge >= 0.3 is 5.97 Å². The Hall–Kier alpha value is -2.10. The minimum atomic E-state index is -1.22. The number of ketones is 1. The Morgan fingerprint density at radius 3 is 2.30 bits per heavy atom. The molecule has 1 aromatic carbocycles. The van der Waals surface area contributed by atoms with E-state index in [-0.39, 0.29) is 5.78 Å². The number of esters is 1. The fourth-order valence-corrected chi connectivity index (χ4v) is 2.73. The summed E-state index contributed by atoms with van der Waals surface area (Å²) < 4.78 is 9.92. The fraction of sp³-hybridized carbons (Fsp3) is 0.375. The Bertz CT molecular complexity index is 544. The molecule has 0 radical (unpaired) electrons. The quantitative estimate of drug-likeness (QED) is 0.366. The van der Waals surface area contributed by atoms with Gasteiger partial charge < -0.3 is 9.47 Å². The van der Waals surface area contributed by atoms with E-state index < -0.39 is 11.4 Å². The van der Waals surface area contributed by atoms with Crippen LogP contribution in [0.4, 0.5) is 0 Å². The molecule has 106 valence electrons. The van der Waals surface area contributed by atoms with Crippen LogP contribution < -0.4 is 4.74 Å². The average Bonchev–Trinajstić information content (AvgIpc) is 2.88. The maximum Gasteiger partial charge on any atom is 0.323 e. The molecular formula is C16H18O4. The van der Waals surface area contributed by atoms with Crippen molar-refractivity contribution in [3.8, 4) is 5.75 Å². The molecular weight excluding hydrogens is 256 g/mol. The highest BCUT2D eigenvalue weighted by Gasteiger charge is 2.51. The van der Waals surface area contributed by atoms with Gasteiger partial charge in [-0.3, -0.25) is 9.59 Å². The van der Waals surface area contributed by atoms with Crippen LogP contribution in [0.1, 0.15) is 29.6 Å². The van der Waals surface area contributed by atoms with Crippen LogP contribution in [0.2, 0.25) is 0 Å². The minimum Gasteiger partial charge on any atom is -0.497 e. The first-order valence-corrected chi connectivity index (χ1v) is 6.52. The largest absolute Gasteiger partial charge is 0.497 e. The van der Waals surface area contributed by atoms with Crippen molar-refractivity contribution in [2.45, 2.75) is 19.3 Å². The zero-order chi connectivity index (χ0) is 14.8. The molecule has 1 aliphatic rings. The van der Waals surface area contributed by atoms with E-state index in [4.69, 9.17) is 9.47 Å². The van der Waals surface area contributed by atoms with Gasteiger partial charge in [0, 0.05) is 5.56 Å². The van der Waals surface area contributed by atoms with E-state index in [0.29, 0.717) is 29.7 Å². The van der Waals surface area contributed by atoms with Crippen molar-refractivity contribution in [2.75, 3.05) is 14.2 Å². The van der Waals surface area contributed by atoms with Crippen LogP contribution >= 0.6 is 0 Å². The Kier molecular flexibility index (Phi) is 3.93. The number of ether oxygens (including phenoxy) is 2. The van der Waals surface area contributed by atoms with E-state index in [1.807, 2.05) is 0 Å². The highest BCUT2D eigenvalue weighted by atomic mass is 16.5. The molecule has 0 bridgehead atoms. The van der Waals surface area contributed by atoms with E-state index in [2.05, 4.69) is 6.58 Å². The number of hydrogen-bond acceptors (Lipinski definition) is 4. The van der Waals surface area contributed by atoms with Gasteiger partial charge in [0.15, 0.2) is 11.2 Å². The summed E-state index contributed by atoms with van der Waals surface area (Å²) in [7, 11) is 2.86. The Morgan fingerprint density at radius 1 is 1.20 bits per heavy atom. The lowest BCUT2D eigenvalue weighted by atomic mass is 9.76. The number of carbonyl (C=O) groups is 2. The lowest BCUT2D eigenvalue weighted by Crippen LogP contribution is -2.39. The van der Waals surface area contributed by atoms with Crippen molar-refractivity contribution in [1.29, 1.82) is 0 Å². The predicted molar refractivity (Wildman–Crippen MR) is 74.8 cm³/mol. The molecule has 0 saturated heterocycles. The summed E-state index contributed by atoms with van der Waals surface area (Å²) in [5, 5.41) is 0. The van der Waals surface area contributed by atoms with Gasteiger partial charge in [0.2, 0.25) is 0 Å². The topological polar surface area (TPSA) is 52.6 Å². The number of rotatable bonds is 4. The molecule has 0 amide bonds. The molecule has 1 atom stereocenters. The maximum atomic E-state index is 12.8. The molecule has 0 heterocycles. The summed E-state index contributed by atoms with van der Waals surface area (Å²) in [6.45, 7) is 3.91. The summed E-state index contributed by atoms with van der Waals surface area (Å²) in [5.74, 6) is -0.0887. The van der Waals surface area contributed by atoms with Crippen molar-refractivity contribution in [3.05, 3.63) is 42.0 Å². The first-order chi connectivity index (χ1) is 9.56. The Balaban J connectivity index is 2.41. The number of methoxy groups -OCH3 is 2. The highest BCUT2D eigenvalue weighted by molar-refractivity contribution is 6.15. The molecule has 4 heteroatoms. The van der Waals surface area contributed by atoms with Crippen LogP contribution in [0, 0.1) is 5.41 Å². The smallest absolute Gasteiger partial charge is 0.323 e. The van der Waals surface area contributed by atoms with E-state index >= 15 is 0 Å². The third kappa shape index (κ3) is 2.11. The molecule has 1 unspecified atom stereocenters. The van der Waals surface area contributed by atoms with Crippen LogP contribution in [0.15, 0.2) is 36.4 Å². The number of carbonyl (C=O) groups excluding carboxylic acids is 2. The van der Waals surface area contributed by atoms with Crippen LogP contribution in [0.3, 0.4) is 0 Å². The van der Waals surface area contributed by atoms with Crippen LogP contribution in [-0.2, 0) is 9.53 Å². The normalized spacial score (nSPS) is 21.6. The summed E-state index contributed by atoms with van der Waals surface area (Å²) in [5.41, 5.74) is -0.104. The van der Waals surface area contributed by atoms with Crippen molar-refractivity contribution < 1.29 is 19.1 Å². The van der Waals surface area contributed by atoms with Crippen LogP contribution in [0.5, 0.6) is 5.75 Å². The van der Waals surface area contributed by atoms with Gasteiger partial charge in [-0.05, 0) is 43.5 Å². The summed E-state index contributed by atoms with van der Waals surface area (Å²) >= 11 is 0. The van der Waals surface area contributed by atoms with Gasteiger partial charge in [0.25, 0.3) is 0 Å². The molecule has 1 aromatic rings. The first kappa shape index (κ1) is 14.3. The lowest BCUT2D eigenvalue weighted by Gasteiger charge is -2.26. The number of hydrogen-bond donors (Lipinski definition) is 0. The predicted octanol–water partition coefficient (Wildman–Crippen LogP) is 2.78. The SMILES string of the molecule is C=C1CCCC1(C(=O)OC)C(=O)c1ccc(OC)cc1. The molecule has 0 spiro atoms. The summed E-state index contributed by atoms with van der Waals surface area (Å²) in [6, 6.07) is 6.74. The van der Waals surface area contributed by atoms with Crippen LogP contribution in [0.25, 0.3) is 0 Å². The monoisotopic (exact) mass is 274 g/mol. The van der Waals surface area contributed by atoms with Crippen molar-refractivity contribution >= 4 is 11.8 Å². The summed E-state index contributed by atoms with van der Waals surface area (Å²) in [6.07, 6.45) is 1.91. The van der Waals surface area contributed by atoms with E-state index in [1.165, 1.54) is 7.11 Å². The molecule has 20 heavy (non-hydrogen) atoms. The van der Waals surface area contributed by atoms with Crippen molar-refractivity contribution in [1.82, 2.24) is 0 Å². The average molecular weight is 274 g/mol. The second-order valence-corrected chi connectivity index (χ2v) is 4.91. The minimum absolute atomic E-state index is 0.241. The van der Waals surface area contributed by atoms with E-state index in [9.17, 15) is 9.59 Å². The highest BCUT2D eigenvalue weighted by Crippen LogP contribution is 2.45. The fourth-order valence-electron chi connectivity index (χ4n) is 2.73. The molecule has 0 aromatic heterocycles. The molecule has 1 aliphatic carbocycles. The second kappa shape index (κ2) is 5.49. The van der Waals surface area contributed by atoms with Gasteiger partial charge in [-0.1, -0.05) is 12.2 Å². The second-order valence-electron chi connectivity index (χ2n) is 4.91. The van der Waals surface area contributed by atoms with Gasteiger partial charge in [0.1, 0.15) is 5.75 Å². The molecule has 1 saturated carbocycles. The Labute approximate surface area is 118 Å². The molecule has 4 nitrogen and oxygen atoms in total. The molecule has 0 N–H and O–H groups in total. The third-order valence-electron chi connectivity index (χ3n) is 3.91. The van der Waals surface area contributed by atoms with E-state index in [1.54, 1.807) is 31.4 Å². The van der Waals surface area contributed by atoms with Gasteiger partial charge in [-0.25, -0.2) is 0 Å². The standard InChI is InChI=1S/C16H18O4/c1-11-5-4-10-16(11,15(18)20-3)14(17)12-6-8-13(19-2)9-7-12/h6-9H,1,4-5,10H2,2-3H3. The van der Waals surface area contributed by atoms with Gasteiger partial charge in [-0.2, -0.15) is 0 Å². The third-order valence-corrected chi connectivity index (χ3v) is 3.91. The van der Waals surface area contributed by atoms with Gasteiger partial charge in [-0.15, -0.1) is 0 Å². The molecule has 1 fully saturated rings. The summed E-state index contributed by atoms with van der Waals surface area (Å²) in [4.78, 5) is 24.9. The molecule has 0 aliphatic heterocycles. The van der Waals surface area contributed by atoms with Crippen molar-refractivity contribution in [3.63, 3.8) is 0 Å². The molecule has 2 rings (SSSR count). The van der Waals surface area contributed by atoms with Gasteiger partial charge in [0.05, 0.1) is 14.2 Å². The van der Waals surface area contributed by atoms with Crippen molar-refractivity contribution in [2.24, 2.45) is 5.41 Å². The zero-order valence-corrected chi connectivity index (χ0v) is 11.8. The number of benzene rings is 1. The maximum absolute atomic E-state index is 12.8. The lowest BCUT2D eigenvalue weighted by molar-refractivity contribution is -0.147. The first-order valence-electron chi connectivity index (χ1n) is 6.52.